The van der Waals surface area contributed by atoms with Gasteiger partial charge in [0.15, 0.2) is 0 Å². The largest absolute Gasteiger partial charge is 0.507 e. The van der Waals surface area contributed by atoms with Crippen LogP contribution in [0.1, 0.15) is 34.0 Å². The average Bonchev–Trinajstić information content (AvgIpc) is 3.05. The maximum Gasteiger partial charge on any atom is 0.296 e. The maximum absolute atomic E-state index is 13.3. The molecule has 1 aromatic heterocycles. The first-order valence-electron chi connectivity index (χ1n) is 10.5. The number of hydrogen-bond donors (Lipinski definition) is 1. The first kappa shape index (κ1) is 23.8. The van der Waals surface area contributed by atoms with Gasteiger partial charge >= 0.3 is 0 Å². The number of ether oxygens (including phenoxy) is 1. The Labute approximate surface area is 207 Å². The van der Waals surface area contributed by atoms with Crippen molar-refractivity contribution in [3.8, 4) is 5.75 Å². The molecule has 174 valence electrons. The number of hydrogen-bond acceptors (Lipinski definition) is 5. The topological polar surface area (TPSA) is 79.7 Å². The number of benzene rings is 2. The van der Waals surface area contributed by atoms with Gasteiger partial charge in [-0.25, -0.2) is 0 Å². The van der Waals surface area contributed by atoms with E-state index < -0.39 is 17.7 Å². The smallest absolute Gasteiger partial charge is 0.296 e. The summed E-state index contributed by atoms with van der Waals surface area (Å²) in [5.74, 6) is -1.44. The van der Waals surface area contributed by atoms with E-state index >= 15 is 0 Å². The van der Waals surface area contributed by atoms with Crippen molar-refractivity contribution >= 4 is 40.7 Å². The monoisotopic (exact) mass is 496 g/mol. The van der Waals surface area contributed by atoms with Crippen molar-refractivity contribution in [1.82, 2.24) is 9.88 Å². The lowest BCUT2D eigenvalue weighted by Crippen LogP contribution is -2.29. The number of carbonyl (C=O) groups excluding carboxylic acids is 2. The van der Waals surface area contributed by atoms with Crippen LogP contribution in [-0.2, 0) is 16.1 Å². The second-order valence-electron chi connectivity index (χ2n) is 8.08. The summed E-state index contributed by atoms with van der Waals surface area (Å²) in [5, 5.41) is 12.0. The fourth-order valence-electron chi connectivity index (χ4n) is 4.28. The van der Waals surface area contributed by atoms with Gasteiger partial charge in [0.2, 0.25) is 0 Å². The van der Waals surface area contributed by atoms with Crippen molar-refractivity contribution in [1.29, 1.82) is 0 Å². The number of aromatic nitrogens is 1. The number of rotatable bonds is 5. The molecule has 0 aliphatic carbocycles. The molecule has 2 heterocycles. The predicted octanol–water partition coefficient (Wildman–Crippen LogP) is 5.64. The molecule has 4 rings (SSSR count). The van der Waals surface area contributed by atoms with Crippen molar-refractivity contribution < 1.29 is 19.4 Å². The molecule has 1 fully saturated rings. The number of likely N-dealkylation sites (tertiary alicyclic amines) is 1. The second kappa shape index (κ2) is 9.49. The number of halogens is 2. The van der Waals surface area contributed by atoms with Gasteiger partial charge in [0.1, 0.15) is 11.5 Å². The lowest BCUT2D eigenvalue weighted by Gasteiger charge is -2.25. The van der Waals surface area contributed by atoms with Crippen LogP contribution in [0.4, 0.5) is 0 Å². The Kier molecular flexibility index (Phi) is 6.64. The molecular formula is C26H22Cl2N2O4. The van der Waals surface area contributed by atoms with E-state index in [2.05, 4.69) is 4.98 Å². The number of aryl methyl sites for hydroxylation is 2. The van der Waals surface area contributed by atoms with Crippen molar-refractivity contribution in [2.24, 2.45) is 0 Å². The van der Waals surface area contributed by atoms with E-state index in [4.69, 9.17) is 27.9 Å². The van der Waals surface area contributed by atoms with Crippen LogP contribution < -0.4 is 4.74 Å². The van der Waals surface area contributed by atoms with Gasteiger partial charge in [0.25, 0.3) is 11.7 Å². The van der Waals surface area contributed by atoms with Gasteiger partial charge in [-0.1, -0.05) is 41.4 Å². The van der Waals surface area contributed by atoms with E-state index in [1.54, 1.807) is 48.7 Å². The van der Waals surface area contributed by atoms with Crippen LogP contribution in [0.5, 0.6) is 5.75 Å². The minimum Gasteiger partial charge on any atom is -0.507 e. The number of methoxy groups -OCH3 is 1. The van der Waals surface area contributed by atoms with Crippen molar-refractivity contribution in [2.45, 2.75) is 26.4 Å². The number of aliphatic hydroxyl groups excluding tert-OH is 1. The van der Waals surface area contributed by atoms with E-state index in [0.717, 1.165) is 11.1 Å². The number of aliphatic hydroxyl groups is 1. The summed E-state index contributed by atoms with van der Waals surface area (Å²) in [6, 6.07) is 12.9. The zero-order chi connectivity index (χ0) is 24.6. The Balaban J connectivity index is 1.95. The molecule has 0 radical (unpaired) electrons. The van der Waals surface area contributed by atoms with Crippen LogP contribution in [0, 0.1) is 13.8 Å². The van der Waals surface area contributed by atoms with Crippen LogP contribution >= 0.6 is 23.2 Å². The van der Waals surface area contributed by atoms with Crippen LogP contribution in [0.25, 0.3) is 5.76 Å². The molecule has 1 atom stereocenters. The summed E-state index contributed by atoms with van der Waals surface area (Å²) in [4.78, 5) is 32.2. The van der Waals surface area contributed by atoms with Crippen LogP contribution in [0.15, 0.2) is 60.3 Å². The number of carbonyl (C=O) groups is 2. The van der Waals surface area contributed by atoms with Crippen molar-refractivity contribution in [3.05, 3.63) is 98.3 Å². The lowest BCUT2D eigenvalue weighted by atomic mass is 9.93. The Hall–Kier alpha value is -3.35. The minimum absolute atomic E-state index is 0.0531. The highest BCUT2D eigenvalue weighted by molar-refractivity contribution is 6.46. The normalized spacial score (nSPS) is 17.3. The number of pyridine rings is 1. The van der Waals surface area contributed by atoms with Gasteiger partial charge in [-0.2, -0.15) is 0 Å². The molecule has 3 aromatic rings. The summed E-state index contributed by atoms with van der Waals surface area (Å²) < 4.78 is 5.52. The van der Waals surface area contributed by atoms with Gasteiger partial charge in [-0.15, -0.1) is 0 Å². The van der Waals surface area contributed by atoms with Gasteiger partial charge in [0, 0.05) is 6.20 Å². The molecule has 6 nitrogen and oxygen atoms in total. The molecule has 0 bridgehead atoms. The molecule has 1 aliphatic rings. The second-order valence-corrected chi connectivity index (χ2v) is 8.90. The van der Waals surface area contributed by atoms with Crippen LogP contribution in [0.3, 0.4) is 0 Å². The molecule has 1 N–H and O–H groups in total. The fourth-order valence-corrected chi connectivity index (χ4v) is 4.59. The highest BCUT2D eigenvalue weighted by atomic mass is 35.5. The highest BCUT2D eigenvalue weighted by Crippen LogP contribution is 2.43. The van der Waals surface area contributed by atoms with Gasteiger partial charge in [0.05, 0.1) is 46.6 Å². The third-order valence-corrected chi connectivity index (χ3v) is 6.48. The summed E-state index contributed by atoms with van der Waals surface area (Å²) >= 11 is 12.4. The molecule has 8 heteroatoms. The van der Waals surface area contributed by atoms with E-state index in [0.29, 0.717) is 27.6 Å². The third kappa shape index (κ3) is 4.27. The first-order valence-corrected chi connectivity index (χ1v) is 11.3. The molecule has 1 unspecified atom stereocenters. The zero-order valence-electron chi connectivity index (χ0n) is 18.8. The molecule has 1 amide bonds. The van der Waals surface area contributed by atoms with Crippen molar-refractivity contribution in [2.75, 3.05) is 7.11 Å². The Morgan fingerprint density at radius 3 is 2.50 bits per heavy atom. The Morgan fingerprint density at radius 1 is 1.09 bits per heavy atom. The maximum atomic E-state index is 13.3. The number of ketones is 1. The Bertz CT molecular complexity index is 1320. The SMILES string of the molecule is COc1c(C)cc(C)cc1/C(O)=C1\C(=O)C(=O)N(Cc2ccccn2)C1c1ccc(Cl)c(Cl)c1. The fraction of sp³-hybridized carbons (Fsp3) is 0.192. The summed E-state index contributed by atoms with van der Waals surface area (Å²) in [5.41, 5.74) is 3.07. The zero-order valence-corrected chi connectivity index (χ0v) is 20.3. The lowest BCUT2D eigenvalue weighted by molar-refractivity contribution is -0.140. The number of nitrogens with zero attached hydrogens (tertiary/aromatic N) is 2. The standard InChI is InChI=1S/C26H22Cl2N2O4/c1-14-10-15(2)25(34-3)18(11-14)23(31)21-22(16-7-8-19(27)20(28)12-16)30(26(33)24(21)32)13-17-6-4-5-9-29-17/h4-12,22,31H,13H2,1-3H3/b23-21+. The molecule has 0 spiro atoms. The van der Waals surface area contributed by atoms with Crippen LogP contribution in [-0.4, -0.2) is 33.8 Å². The highest BCUT2D eigenvalue weighted by Gasteiger charge is 2.46. The summed E-state index contributed by atoms with van der Waals surface area (Å²) in [7, 11) is 1.49. The third-order valence-electron chi connectivity index (χ3n) is 5.74. The predicted molar refractivity (Wildman–Crippen MR) is 131 cm³/mol. The first-order chi connectivity index (χ1) is 16.2. The molecule has 34 heavy (non-hydrogen) atoms. The van der Waals surface area contributed by atoms with E-state index in [1.807, 2.05) is 19.9 Å². The van der Waals surface area contributed by atoms with E-state index in [1.165, 1.54) is 12.0 Å². The minimum atomic E-state index is -0.901. The van der Waals surface area contributed by atoms with Crippen LogP contribution in [0.2, 0.25) is 10.0 Å². The molecule has 1 saturated heterocycles. The molecular weight excluding hydrogens is 475 g/mol. The number of Topliss-reactive ketones (excluding diaryl/α,β-unsaturated/α-hetero) is 1. The Morgan fingerprint density at radius 2 is 1.85 bits per heavy atom. The van der Waals surface area contributed by atoms with E-state index in [-0.39, 0.29) is 22.9 Å². The van der Waals surface area contributed by atoms with Gasteiger partial charge < -0.3 is 14.7 Å². The molecule has 1 aliphatic heterocycles. The van der Waals surface area contributed by atoms with Crippen molar-refractivity contribution in [3.63, 3.8) is 0 Å². The molecule has 2 aromatic carbocycles. The van der Waals surface area contributed by atoms with Gasteiger partial charge in [-0.05, 0) is 60.9 Å². The summed E-state index contributed by atoms with van der Waals surface area (Å²) in [6.07, 6.45) is 1.61. The summed E-state index contributed by atoms with van der Waals surface area (Å²) in [6.45, 7) is 3.79. The number of amides is 1. The van der Waals surface area contributed by atoms with Gasteiger partial charge in [-0.3, -0.25) is 14.6 Å². The quantitative estimate of drug-likeness (QED) is 0.281. The molecule has 0 saturated carbocycles. The average molecular weight is 497 g/mol. The van der Waals surface area contributed by atoms with E-state index in [9.17, 15) is 14.7 Å².